The molecule has 186 valence electrons. The van der Waals surface area contributed by atoms with Crippen LogP contribution in [0, 0.1) is 0 Å². The van der Waals surface area contributed by atoms with Gasteiger partial charge in [0.1, 0.15) is 23.6 Å². The summed E-state index contributed by atoms with van der Waals surface area (Å²) in [6.07, 6.45) is 1.51. The minimum absolute atomic E-state index is 0.218. The van der Waals surface area contributed by atoms with Gasteiger partial charge >= 0.3 is 12.0 Å². The molecule has 2 aliphatic heterocycles. The summed E-state index contributed by atoms with van der Waals surface area (Å²) in [6, 6.07) is 14.3. The molecule has 2 aromatic rings. The topological polar surface area (TPSA) is 99.6 Å². The molecule has 0 bridgehead atoms. The third-order valence-electron chi connectivity index (χ3n) is 6.92. The highest BCUT2D eigenvalue weighted by atomic mass is 16.5. The van der Waals surface area contributed by atoms with Crippen molar-refractivity contribution >= 4 is 17.9 Å². The monoisotopic (exact) mass is 481 g/mol. The zero-order valence-electron chi connectivity index (χ0n) is 20.1. The predicted octanol–water partition coefficient (Wildman–Crippen LogP) is 2.42. The summed E-state index contributed by atoms with van der Waals surface area (Å²) in [5.74, 6) is 0.0107. The second-order valence-corrected chi connectivity index (χ2v) is 8.98. The molecule has 2 fully saturated rings. The van der Waals surface area contributed by atoms with Gasteiger partial charge in [0.15, 0.2) is 0 Å². The summed E-state index contributed by atoms with van der Waals surface area (Å²) in [5, 5.41) is 9.75. The van der Waals surface area contributed by atoms with Crippen LogP contribution in [-0.2, 0) is 27.3 Å². The number of hydrogen-bond donors (Lipinski definition) is 1. The summed E-state index contributed by atoms with van der Waals surface area (Å²) in [6.45, 7) is 1.84. The van der Waals surface area contributed by atoms with Gasteiger partial charge in [-0.2, -0.15) is 0 Å². The number of carbonyl (C=O) groups is 3. The van der Waals surface area contributed by atoms with E-state index in [9.17, 15) is 19.5 Å². The van der Waals surface area contributed by atoms with E-state index >= 15 is 0 Å². The molecule has 0 aromatic heterocycles. The van der Waals surface area contributed by atoms with Crippen LogP contribution >= 0.6 is 0 Å². The first kappa shape index (κ1) is 24.5. The summed E-state index contributed by atoms with van der Waals surface area (Å²) in [5.41, 5.74) is 1.03. The maximum absolute atomic E-state index is 13.5. The molecular weight excluding hydrogens is 450 g/mol. The second kappa shape index (κ2) is 10.4. The van der Waals surface area contributed by atoms with Gasteiger partial charge in [0, 0.05) is 26.2 Å². The van der Waals surface area contributed by atoms with Crippen molar-refractivity contribution in [2.24, 2.45) is 0 Å². The highest BCUT2D eigenvalue weighted by molar-refractivity contribution is 6.08. The van der Waals surface area contributed by atoms with Crippen LogP contribution in [0.5, 0.6) is 11.5 Å². The number of likely N-dealkylation sites (tertiary alicyclic amines) is 1. The van der Waals surface area contributed by atoms with E-state index in [2.05, 4.69) is 4.90 Å². The molecule has 3 amide bonds. The third kappa shape index (κ3) is 5.09. The molecule has 35 heavy (non-hydrogen) atoms. The maximum Gasteiger partial charge on any atom is 0.328 e. The Morgan fingerprint density at radius 3 is 2.37 bits per heavy atom. The number of ether oxygens (including phenoxy) is 2. The van der Waals surface area contributed by atoms with Crippen LogP contribution in [0.1, 0.15) is 24.0 Å². The number of phenolic OH excluding ortho intramolecular Hbond substituents is 1. The van der Waals surface area contributed by atoms with Crippen LogP contribution in [0.15, 0.2) is 48.5 Å². The van der Waals surface area contributed by atoms with Crippen LogP contribution in [0.2, 0.25) is 0 Å². The van der Waals surface area contributed by atoms with Crippen molar-refractivity contribution in [2.75, 3.05) is 40.4 Å². The molecule has 9 heteroatoms. The first-order valence-corrected chi connectivity index (χ1v) is 11.7. The molecule has 2 saturated heterocycles. The fourth-order valence-electron chi connectivity index (χ4n) is 4.94. The predicted molar refractivity (Wildman–Crippen MR) is 128 cm³/mol. The minimum atomic E-state index is -0.979. The number of piperidine rings is 1. The Hall–Kier alpha value is -3.59. The van der Waals surface area contributed by atoms with Crippen molar-refractivity contribution in [2.45, 2.75) is 31.3 Å². The Labute approximate surface area is 204 Å². The Balaban J connectivity index is 1.51. The van der Waals surface area contributed by atoms with Crippen molar-refractivity contribution in [1.82, 2.24) is 14.7 Å². The van der Waals surface area contributed by atoms with E-state index in [1.165, 1.54) is 7.11 Å². The van der Waals surface area contributed by atoms with Crippen LogP contribution in [0.4, 0.5) is 4.79 Å². The molecular formula is C26H31N3O6. The maximum atomic E-state index is 13.5. The normalized spacial score (nSPS) is 17.8. The molecule has 1 spiro atoms. The average Bonchev–Trinajstić information content (AvgIpc) is 3.05. The Morgan fingerprint density at radius 2 is 1.74 bits per heavy atom. The van der Waals surface area contributed by atoms with Gasteiger partial charge in [-0.1, -0.05) is 24.3 Å². The van der Waals surface area contributed by atoms with Crippen LogP contribution in [-0.4, -0.2) is 83.7 Å². The number of urea groups is 1. The Kier molecular flexibility index (Phi) is 7.25. The number of benzene rings is 2. The van der Waals surface area contributed by atoms with Gasteiger partial charge in [0.05, 0.1) is 14.2 Å². The Bertz CT molecular complexity index is 1080. The van der Waals surface area contributed by atoms with Gasteiger partial charge in [-0.25, -0.2) is 4.79 Å². The van der Waals surface area contributed by atoms with E-state index in [1.54, 1.807) is 30.2 Å². The molecule has 0 aliphatic carbocycles. The van der Waals surface area contributed by atoms with E-state index in [4.69, 9.17) is 9.47 Å². The van der Waals surface area contributed by atoms with Crippen molar-refractivity contribution in [3.05, 3.63) is 59.7 Å². The summed E-state index contributed by atoms with van der Waals surface area (Å²) in [4.78, 5) is 43.7. The fourth-order valence-corrected chi connectivity index (χ4v) is 4.94. The van der Waals surface area contributed by atoms with Crippen molar-refractivity contribution in [1.29, 1.82) is 0 Å². The first-order chi connectivity index (χ1) is 16.9. The number of rotatable bonds is 8. The van der Waals surface area contributed by atoms with E-state index in [-0.39, 0.29) is 18.2 Å². The quantitative estimate of drug-likeness (QED) is 0.457. The number of methoxy groups -OCH3 is 2. The van der Waals surface area contributed by atoms with Crippen molar-refractivity contribution < 1.29 is 29.0 Å². The van der Waals surface area contributed by atoms with Gasteiger partial charge in [-0.15, -0.1) is 0 Å². The molecule has 0 saturated carbocycles. The van der Waals surface area contributed by atoms with E-state index in [0.29, 0.717) is 45.4 Å². The number of hydrogen-bond acceptors (Lipinski definition) is 7. The minimum Gasteiger partial charge on any atom is -0.508 e. The number of esters is 1. The highest BCUT2D eigenvalue weighted by Gasteiger charge is 2.58. The van der Waals surface area contributed by atoms with E-state index in [1.807, 2.05) is 30.3 Å². The van der Waals surface area contributed by atoms with E-state index in [0.717, 1.165) is 21.8 Å². The van der Waals surface area contributed by atoms with Crippen LogP contribution in [0.25, 0.3) is 0 Å². The second-order valence-electron chi connectivity index (χ2n) is 8.98. The lowest BCUT2D eigenvalue weighted by molar-refractivity contribution is -0.146. The molecule has 4 rings (SSSR count). The lowest BCUT2D eigenvalue weighted by Gasteiger charge is -2.42. The number of amides is 3. The van der Waals surface area contributed by atoms with Crippen LogP contribution < -0.4 is 4.74 Å². The number of carbonyl (C=O) groups excluding carboxylic acids is 3. The number of aromatic hydroxyl groups is 1. The lowest BCUT2D eigenvalue weighted by atomic mass is 9.85. The lowest BCUT2D eigenvalue weighted by Crippen LogP contribution is -2.56. The highest BCUT2D eigenvalue weighted by Crippen LogP contribution is 2.38. The molecule has 2 aliphatic rings. The van der Waals surface area contributed by atoms with Crippen molar-refractivity contribution in [3.63, 3.8) is 0 Å². The number of nitrogens with zero attached hydrogens (tertiary/aromatic N) is 3. The zero-order chi connectivity index (χ0) is 25.0. The molecule has 2 aromatic carbocycles. The number of imide groups is 1. The Morgan fingerprint density at radius 1 is 1.03 bits per heavy atom. The summed E-state index contributed by atoms with van der Waals surface area (Å²) < 4.78 is 9.93. The molecule has 0 atom stereocenters. The smallest absolute Gasteiger partial charge is 0.328 e. The average molecular weight is 482 g/mol. The van der Waals surface area contributed by atoms with E-state index < -0.39 is 17.5 Å². The molecule has 0 unspecified atom stereocenters. The van der Waals surface area contributed by atoms with Crippen molar-refractivity contribution in [3.8, 4) is 11.5 Å². The molecule has 0 radical (unpaired) electrons. The summed E-state index contributed by atoms with van der Waals surface area (Å²) >= 11 is 0. The fraction of sp³-hybridized carbons (Fsp3) is 0.423. The van der Waals surface area contributed by atoms with Gasteiger partial charge in [0.2, 0.25) is 0 Å². The zero-order valence-corrected chi connectivity index (χ0v) is 20.1. The molecule has 1 N–H and O–H groups in total. The van der Waals surface area contributed by atoms with Gasteiger partial charge in [-0.3, -0.25) is 19.4 Å². The standard InChI is InChI=1S/C26H31N3O6/c1-34-22-8-6-19(7-9-22)10-13-29-25(33)28(18-23(31)35-2)24(32)26(29)11-14-27(15-12-26)17-20-4-3-5-21(30)16-20/h3-9,16,30H,10-15,17-18H2,1-2H3. The first-order valence-electron chi connectivity index (χ1n) is 11.7. The summed E-state index contributed by atoms with van der Waals surface area (Å²) in [7, 11) is 2.85. The van der Waals surface area contributed by atoms with Gasteiger partial charge in [-0.05, 0) is 54.7 Å². The molecule has 9 nitrogen and oxygen atoms in total. The van der Waals surface area contributed by atoms with Crippen LogP contribution in [0.3, 0.4) is 0 Å². The SMILES string of the molecule is COC(=O)CN1C(=O)N(CCc2ccc(OC)cc2)C2(CCN(Cc3cccc(O)c3)CC2)C1=O. The third-order valence-corrected chi connectivity index (χ3v) is 6.92. The largest absolute Gasteiger partial charge is 0.508 e. The van der Waals surface area contributed by atoms with Gasteiger partial charge < -0.3 is 19.5 Å². The van der Waals surface area contributed by atoms with Gasteiger partial charge in [0.25, 0.3) is 5.91 Å². The number of phenols is 1. The molecule has 2 heterocycles.